The molecule has 1 aliphatic heterocycles. The number of halogens is 2. The summed E-state index contributed by atoms with van der Waals surface area (Å²) >= 11 is 6.00. The zero-order valence-corrected chi connectivity index (χ0v) is 13.2. The van der Waals surface area contributed by atoms with Crippen molar-refractivity contribution < 1.29 is 9.18 Å². The summed E-state index contributed by atoms with van der Waals surface area (Å²) in [7, 11) is 3.66. The SMILES string of the molecule is CNC(=O)CC(c1cc(Cl)ccc1F)N1CCN(C)CC1. The van der Waals surface area contributed by atoms with Gasteiger partial charge in [-0.15, -0.1) is 0 Å². The van der Waals surface area contributed by atoms with E-state index in [1.165, 1.54) is 12.1 Å². The lowest BCUT2D eigenvalue weighted by Gasteiger charge is -2.38. The Bertz CT molecular complexity index is 504. The smallest absolute Gasteiger partial charge is 0.221 e. The van der Waals surface area contributed by atoms with Crippen LogP contribution in [0.5, 0.6) is 0 Å². The number of amides is 1. The third-order valence-electron chi connectivity index (χ3n) is 3.95. The number of hydrogen-bond donors (Lipinski definition) is 1. The third-order valence-corrected chi connectivity index (χ3v) is 4.19. The first-order valence-corrected chi connectivity index (χ1v) is 7.47. The van der Waals surface area contributed by atoms with Crippen LogP contribution in [0.15, 0.2) is 18.2 Å². The summed E-state index contributed by atoms with van der Waals surface area (Å²) in [6, 6.07) is 4.24. The molecule has 21 heavy (non-hydrogen) atoms. The van der Waals surface area contributed by atoms with Gasteiger partial charge in [-0.2, -0.15) is 0 Å². The van der Waals surface area contributed by atoms with Gasteiger partial charge in [-0.25, -0.2) is 4.39 Å². The first-order chi connectivity index (χ1) is 10.0. The minimum absolute atomic E-state index is 0.0988. The van der Waals surface area contributed by atoms with E-state index in [4.69, 9.17) is 11.6 Å². The molecule has 1 heterocycles. The number of hydrogen-bond acceptors (Lipinski definition) is 3. The number of likely N-dealkylation sites (N-methyl/N-ethyl adjacent to an activating group) is 1. The molecule has 0 spiro atoms. The normalized spacial score (nSPS) is 18.5. The number of piperazine rings is 1. The van der Waals surface area contributed by atoms with Crippen LogP contribution < -0.4 is 5.32 Å². The second kappa shape index (κ2) is 7.20. The summed E-state index contributed by atoms with van der Waals surface area (Å²) in [6.07, 6.45) is 0.234. The number of benzene rings is 1. The lowest BCUT2D eigenvalue weighted by atomic mass is 10.00. The average molecular weight is 314 g/mol. The molecule has 1 fully saturated rings. The Kier molecular flexibility index (Phi) is 5.56. The molecule has 4 nitrogen and oxygen atoms in total. The van der Waals surface area contributed by atoms with Crippen molar-refractivity contribution in [2.75, 3.05) is 40.3 Å². The molecule has 1 aliphatic rings. The highest BCUT2D eigenvalue weighted by atomic mass is 35.5. The van der Waals surface area contributed by atoms with Crippen molar-refractivity contribution in [3.8, 4) is 0 Å². The van der Waals surface area contributed by atoms with E-state index in [0.717, 1.165) is 26.2 Å². The van der Waals surface area contributed by atoms with Crippen LogP contribution in [-0.4, -0.2) is 56.0 Å². The van der Waals surface area contributed by atoms with Gasteiger partial charge in [-0.1, -0.05) is 11.6 Å². The molecule has 1 amide bonds. The van der Waals surface area contributed by atoms with Gasteiger partial charge in [-0.05, 0) is 25.2 Å². The number of carbonyl (C=O) groups is 1. The number of carbonyl (C=O) groups excluding carboxylic acids is 1. The molecule has 1 aromatic rings. The maximum Gasteiger partial charge on any atom is 0.221 e. The van der Waals surface area contributed by atoms with E-state index in [1.54, 1.807) is 13.1 Å². The third kappa shape index (κ3) is 4.15. The fourth-order valence-electron chi connectivity index (χ4n) is 2.62. The monoisotopic (exact) mass is 313 g/mol. The minimum atomic E-state index is -0.313. The van der Waals surface area contributed by atoms with Crippen LogP contribution in [0.1, 0.15) is 18.0 Å². The molecule has 116 valence electrons. The standard InChI is InChI=1S/C15H21ClFN3O/c1-18-15(21)10-14(20-7-5-19(2)6-8-20)12-9-11(16)3-4-13(12)17/h3-4,9,14H,5-8,10H2,1-2H3,(H,18,21). The van der Waals surface area contributed by atoms with Crippen LogP contribution >= 0.6 is 11.6 Å². The van der Waals surface area contributed by atoms with Gasteiger partial charge in [0.15, 0.2) is 0 Å². The summed E-state index contributed by atoms with van der Waals surface area (Å²) in [5, 5.41) is 3.10. The quantitative estimate of drug-likeness (QED) is 0.922. The Morgan fingerprint density at radius 2 is 2.05 bits per heavy atom. The largest absolute Gasteiger partial charge is 0.359 e. The molecule has 0 saturated carbocycles. The summed E-state index contributed by atoms with van der Waals surface area (Å²) in [4.78, 5) is 16.2. The van der Waals surface area contributed by atoms with Crippen LogP contribution in [0.2, 0.25) is 5.02 Å². The van der Waals surface area contributed by atoms with E-state index in [1.807, 2.05) is 0 Å². The van der Waals surface area contributed by atoms with Crippen LogP contribution in [0.4, 0.5) is 4.39 Å². The van der Waals surface area contributed by atoms with Crippen LogP contribution in [0, 0.1) is 5.82 Å². The fraction of sp³-hybridized carbons (Fsp3) is 0.533. The van der Waals surface area contributed by atoms with Gasteiger partial charge in [0.2, 0.25) is 5.91 Å². The number of nitrogens with one attached hydrogen (secondary N) is 1. The summed E-state index contributed by atoms with van der Waals surface area (Å²) < 4.78 is 14.2. The number of rotatable bonds is 4. The maximum atomic E-state index is 14.2. The van der Waals surface area contributed by atoms with Crippen LogP contribution in [0.3, 0.4) is 0 Å². The lowest BCUT2D eigenvalue weighted by molar-refractivity contribution is -0.122. The van der Waals surface area contributed by atoms with Gasteiger partial charge in [0, 0.05) is 56.3 Å². The first kappa shape index (κ1) is 16.2. The van der Waals surface area contributed by atoms with Gasteiger partial charge in [0.25, 0.3) is 0 Å². The average Bonchev–Trinajstić information content (AvgIpc) is 2.48. The van der Waals surface area contributed by atoms with Gasteiger partial charge in [0.05, 0.1) is 0 Å². The molecular weight excluding hydrogens is 293 g/mol. The molecular formula is C15H21ClFN3O. The Morgan fingerprint density at radius 3 is 2.67 bits per heavy atom. The Balaban J connectivity index is 2.26. The van der Waals surface area contributed by atoms with E-state index in [-0.39, 0.29) is 24.2 Å². The highest BCUT2D eigenvalue weighted by molar-refractivity contribution is 6.30. The van der Waals surface area contributed by atoms with Crippen molar-refractivity contribution >= 4 is 17.5 Å². The van der Waals surface area contributed by atoms with Crippen molar-refractivity contribution in [1.29, 1.82) is 0 Å². The molecule has 2 rings (SSSR count). The molecule has 0 aromatic heterocycles. The fourth-order valence-corrected chi connectivity index (χ4v) is 2.80. The number of nitrogens with zero attached hydrogens (tertiary/aromatic N) is 2. The second-order valence-corrected chi connectivity index (χ2v) is 5.83. The summed E-state index contributed by atoms with van der Waals surface area (Å²) in [5.41, 5.74) is 0.496. The van der Waals surface area contributed by atoms with Gasteiger partial charge in [-0.3, -0.25) is 9.69 Å². The highest BCUT2D eigenvalue weighted by Gasteiger charge is 2.28. The van der Waals surface area contributed by atoms with Crippen molar-refractivity contribution in [2.45, 2.75) is 12.5 Å². The highest BCUT2D eigenvalue weighted by Crippen LogP contribution is 2.29. The molecule has 0 aliphatic carbocycles. The zero-order chi connectivity index (χ0) is 15.4. The zero-order valence-electron chi connectivity index (χ0n) is 12.4. The molecule has 1 saturated heterocycles. The summed E-state index contributed by atoms with van der Waals surface area (Å²) in [5.74, 6) is -0.412. The van der Waals surface area contributed by atoms with E-state index in [0.29, 0.717) is 10.6 Å². The van der Waals surface area contributed by atoms with E-state index >= 15 is 0 Å². The topological polar surface area (TPSA) is 35.6 Å². The molecule has 1 atom stereocenters. The molecule has 1 aromatic carbocycles. The van der Waals surface area contributed by atoms with Gasteiger partial charge >= 0.3 is 0 Å². The molecule has 1 unspecified atom stereocenters. The molecule has 6 heteroatoms. The van der Waals surface area contributed by atoms with Crippen LogP contribution in [-0.2, 0) is 4.79 Å². The minimum Gasteiger partial charge on any atom is -0.359 e. The van der Waals surface area contributed by atoms with Crippen molar-refractivity contribution in [3.05, 3.63) is 34.6 Å². The van der Waals surface area contributed by atoms with Gasteiger partial charge < -0.3 is 10.2 Å². The van der Waals surface area contributed by atoms with Crippen LogP contribution in [0.25, 0.3) is 0 Å². The molecule has 0 bridgehead atoms. The van der Waals surface area contributed by atoms with E-state index < -0.39 is 0 Å². The predicted octanol–water partition coefficient (Wildman–Crippen LogP) is 1.90. The van der Waals surface area contributed by atoms with Gasteiger partial charge in [0.1, 0.15) is 5.82 Å². The lowest BCUT2D eigenvalue weighted by Crippen LogP contribution is -2.47. The predicted molar refractivity (Wildman–Crippen MR) is 81.9 cm³/mol. The molecule has 0 radical (unpaired) electrons. The second-order valence-electron chi connectivity index (χ2n) is 5.40. The van der Waals surface area contributed by atoms with E-state index in [2.05, 4.69) is 22.2 Å². The first-order valence-electron chi connectivity index (χ1n) is 7.09. The Labute approximate surface area is 129 Å². The Hall–Kier alpha value is -1.17. The molecule has 1 N–H and O–H groups in total. The van der Waals surface area contributed by atoms with Crippen molar-refractivity contribution in [1.82, 2.24) is 15.1 Å². The maximum absolute atomic E-state index is 14.2. The van der Waals surface area contributed by atoms with Crippen molar-refractivity contribution in [2.24, 2.45) is 0 Å². The van der Waals surface area contributed by atoms with Crippen molar-refractivity contribution in [3.63, 3.8) is 0 Å². The van der Waals surface area contributed by atoms with E-state index in [9.17, 15) is 9.18 Å². The Morgan fingerprint density at radius 1 is 1.38 bits per heavy atom. The summed E-state index contributed by atoms with van der Waals surface area (Å²) in [6.45, 7) is 3.44.